The Balaban J connectivity index is 1.54. The summed E-state index contributed by atoms with van der Waals surface area (Å²) in [7, 11) is 0. The lowest BCUT2D eigenvalue weighted by molar-refractivity contribution is -0.113. The van der Waals surface area contributed by atoms with Crippen LogP contribution in [-0.2, 0) is 11.3 Å². The molecule has 174 valence electrons. The van der Waals surface area contributed by atoms with Crippen LogP contribution in [0.2, 0.25) is 0 Å². The number of aromatic nitrogens is 3. The van der Waals surface area contributed by atoms with Crippen molar-refractivity contribution in [2.75, 3.05) is 11.1 Å². The minimum atomic E-state index is -0.368. The second-order valence-corrected chi connectivity index (χ2v) is 9.42. The Hall–Kier alpha value is -3.50. The fourth-order valence-electron chi connectivity index (χ4n) is 3.23. The molecule has 7 nitrogen and oxygen atoms in total. The van der Waals surface area contributed by atoms with Crippen LogP contribution >= 0.6 is 23.1 Å². The van der Waals surface area contributed by atoms with Crippen LogP contribution in [0.5, 0.6) is 0 Å². The van der Waals surface area contributed by atoms with E-state index in [1.54, 1.807) is 6.07 Å². The smallest absolute Gasteiger partial charge is 0.261 e. The van der Waals surface area contributed by atoms with Gasteiger partial charge in [0.15, 0.2) is 11.0 Å². The molecule has 0 aliphatic heterocycles. The molecule has 10 heteroatoms. The van der Waals surface area contributed by atoms with Gasteiger partial charge in [0.25, 0.3) is 5.91 Å². The Labute approximate surface area is 204 Å². The molecule has 0 radical (unpaired) electrons. The summed E-state index contributed by atoms with van der Waals surface area (Å²) < 4.78 is 15.0. The van der Waals surface area contributed by atoms with Gasteiger partial charge in [-0.1, -0.05) is 30.0 Å². The SMILES string of the molecule is Cc1ccc(C)c(-n2c(CNC(=O)c3cccs3)nnc2SCC(=O)Nc2ccc(F)cc2)c1. The van der Waals surface area contributed by atoms with Gasteiger partial charge in [-0.3, -0.25) is 14.2 Å². The number of thioether (sulfide) groups is 1. The van der Waals surface area contributed by atoms with E-state index in [4.69, 9.17) is 0 Å². The molecule has 2 heterocycles. The van der Waals surface area contributed by atoms with E-state index in [-0.39, 0.29) is 29.9 Å². The number of nitrogens with zero attached hydrogens (tertiary/aromatic N) is 3. The highest BCUT2D eigenvalue weighted by atomic mass is 32.2. The van der Waals surface area contributed by atoms with Crippen LogP contribution in [0, 0.1) is 19.7 Å². The Morgan fingerprint density at radius 1 is 1.09 bits per heavy atom. The van der Waals surface area contributed by atoms with Gasteiger partial charge in [0.05, 0.1) is 22.9 Å². The summed E-state index contributed by atoms with van der Waals surface area (Å²) in [6.07, 6.45) is 0. The van der Waals surface area contributed by atoms with E-state index in [9.17, 15) is 14.0 Å². The molecule has 0 aliphatic carbocycles. The third-order valence-electron chi connectivity index (χ3n) is 4.92. The number of thiophene rings is 1. The number of carbonyl (C=O) groups is 2. The predicted octanol–water partition coefficient (Wildman–Crippen LogP) is 4.75. The van der Waals surface area contributed by atoms with Crippen LogP contribution in [0.4, 0.5) is 10.1 Å². The van der Waals surface area contributed by atoms with Crippen LogP contribution < -0.4 is 10.6 Å². The van der Waals surface area contributed by atoms with E-state index < -0.39 is 0 Å². The molecular weight excluding hydrogens is 473 g/mol. The maximum absolute atomic E-state index is 13.1. The highest BCUT2D eigenvalue weighted by Gasteiger charge is 2.18. The van der Waals surface area contributed by atoms with Gasteiger partial charge in [-0.2, -0.15) is 0 Å². The van der Waals surface area contributed by atoms with E-state index in [0.29, 0.717) is 21.5 Å². The van der Waals surface area contributed by atoms with Gasteiger partial charge in [-0.15, -0.1) is 21.5 Å². The van der Waals surface area contributed by atoms with Gasteiger partial charge < -0.3 is 10.6 Å². The van der Waals surface area contributed by atoms with Gasteiger partial charge in [0, 0.05) is 5.69 Å². The molecule has 0 spiro atoms. The van der Waals surface area contributed by atoms with Crippen LogP contribution in [0.3, 0.4) is 0 Å². The first-order chi connectivity index (χ1) is 16.4. The van der Waals surface area contributed by atoms with Gasteiger partial charge in [0.1, 0.15) is 5.82 Å². The largest absolute Gasteiger partial charge is 0.344 e. The Bertz CT molecular complexity index is 1300. The van der Waals surface area contributed by atoms with E-state index in [2.05, 4.69) is 20.8 Å². The molecule has 0 saturated carbocycles. The standard InChI is InChI=1S/C24H22FN5O2S2/c1-15-5-6-16(2)19(12-15)30-21(13-26-23(32)20-4-3-11-33-20)28-29-24(30)34-14-22(31)27-18-9-7-17(25)8-10-18/h3-12H,13-14H2,1-2H3,(H,26,32)(H,27,31). The lowest BCUT2D eigenvalue weighted by Crippen LogP contribution is -2.24. The van der Waals surface area contributed by atoms with E-state index in [1.165, 1.54) is 47.4 Å². The van der Waals surface area contributed by atoms with Crippen molar-refractivity contribution in [3.8, 4) is 5.69 Å². The maximum atomic E-state index is 13.1. The van der Waals surface area contributed by atoms with Crippen molar-refractivity contribution >= 4 is 40.6 Å². The first-order valence-corrected chi connectivity index (χ1v) is 12.3. The number of nitrogens with one attached hydrogen (secondary N) is 2. The van der Waals surface area contributed by atoms with Crippen LogP contribution in [0.15, 0.2) is 65.1 Å². The summed E-state index contributed by atoms with van der Waals surface area (Å²) in [5, 5.41) is 16.6. The van der Waals surface area contributed by atoms with Crippen molar-refractivity contribution in [3.63, 3.8) is 0 Å². The fourth-order valence-corrected chi connectivity index (χ4v) is 4.63. The molecule has 0 saturated heterocycles. The van der Waals surface area contributed by atoms with E-state index in [1.807, 2.05) is 48.1 Å². The van der Waals surface area contributed by atoms with Crippen molar-refractivity contribution in [1.82, 2.24) is 20.1 Å². The number of anilines is 1. The molecule has 2 aromatic carbocycles. The summed E-state index contributed by atoms with van der Waals surface area (Å²) in [6, 6.07) is 15.2. The quantitative estimate of drug-likeness (QED) is 0.345. The third-order valence-corrected chi connectivity index (χ3v) is 6.72. The topological polar surface area (TPSA) is 88.9 Å². The number of amides is 2. The van der Waals surface area contributed by atoms with Gasteiger partial charge in [0.2, 0.25) is 5.91 Å². The number of aryl methyl sites for hydroxylation is 2. The molecule has 4 rings (SSSR count). The molecule has 0 atom stereocenters. The molecule has 2 amide bonds. The van der Waals surface area contributed by atoms with E-state index >= 15 is 0 Å². The number of hydrogen-bond donors (Lipinski definition) is 2. The number of hydrogen-bond acceptors (Lipinski definition) is 6. The van der Waals surface area contributed by atoms with Crippen molar-refractivity contribution in [1.29, 1.82) is 0 Å². The highest BCUT2D eigenvalue weighted by molar-refractivity contribution is 7.99. The molecule has 4 aromatic rings. The molecule has 0 bridgehead atoms. The fraction of sp³-hybridized carbons (Fsp3) is 0.167. The van der Waals surface area contributed by atoms with Crippen molar-refractivity contribution in [2.45, 2.75) is 25.5 Å². The predicted molar refractivity (Wildman–Crippen MR) is 132 cm³/mol. The Morgan fingerprint density at radius 3 is 2.62 bits per heavy atom. The average Bonchev–Trinajstić information content (AvgIpc) is 3.50. The number of carbonyl (C=O) groups excluding carboxylic acids is 2. The van der Waals surface area contributed by atoms with Crippen LogP contribution in [-0.4, -0.2) is 32.3 Å². The summed E-state index contributed by atoms with van der Waals surface area (Å²) in [5.74, 6) is -0.159. The zero-order valence-corrected chi connectivity index (χ0v) is 20.2. The second kappa shape index (κ2) is 10.6. The zero-order chi connectivity index (χ0) is 24.1. The lowest BCUT2D eigenvalue weighted by Gasteiger charge is -2.14. The number of rotatable bonds is 8. The van der Waals surface area contributed by atoms with Crippen LogP contribution in [0.25, 0.3) is 5.69 Å². The second-order valence-electron chi connectivity index (χ2n) is 7.53. The van der Waals surface area contributed by atoms with Gasteiger partial charge >= 0.3 is 0 Å². The minimum Gasteiger partial charge on any atom is -0.344 e. The molecule has 2 N–H and O–H groups in total. The van der Waals surface area contributed by atoms with E-state index in [0.717, 1.165) is 16.8 Å². The van der Waals surface area contributed by atoms with Gasteiger partial charge in [-0.05, 0) is 66.8 Å². The molecule has 0 unspecified atom stereocenters. The highest BCUT2D eigenvalue weighted by Crippen LogP contribution is 2.25. The summed E-state index contributed by atoms with van der Waals surface area (Å²) in [6.45, 7) is 4.16. The molecule has 0 fully saturated rings. The summed E-state index contributed by atoms with van der Waals surface area (Å²) in [4.78, 5) is 25.5. The van der Waals surface area contributed by atoms with Crippen molar-refractivity contribution < 1.29 is 14.0 Å². The Morgan fingerprint density at radius 2 is 1.88 bits per heavy atom. The average molecular weight is 496 g/mol. The summed E-state index contributed by atoms with van der Waals surface area (Å²) in [5.41, 5.74) is 3.47. The first-order valence-electron chi connectivity index (χ1n) is 10.4. The molecular formula is C24H22FN5O2S2. The maximum Gasteiger partial charge on any atom is 0.261 e. The monoisotopic (exact) mass is 495 g/mol. The molecule has 34 heavy (non-hydrogen) atoms. The third kappa shape index (κ3) is 5.70. The zero-order valence-electron chi connectivity index (χ0n) is 18.5. The number of halogens is 1. The molecule has 2 aromatic heterocycles. The Kier molecular flexibility index (Phi) is 7.39. The normalized spacial score (nSPS) is 10.8. The van der Waals surface area contributed by atoms with Crippen molar-refractivity contribution in [3.05, 3.63) is 87.6 Å². The summed E-state index contributed by atoms with van der Waals surface area (Å²) >= 11 is 2.60. The molecule has 0 aliphatic rings. The van der Waals surface area contributed by atoms with Crippen LogP contribution in [0.1, 0.15) is 26.6 Å². The lowest BCUT2D eigenvalue weighted by atomic mass is 10.1. The first kappa shape index (κ1) is 23.7. The minimum absolute atomic E-state index is 0.0852. The number of benzene rings is 2. The van der Waals surface area contributed by atoms with Gasteiger partial charge in [-0.25, -0.2) is 4.39 Å². The van der Waals surface area contributed by atoms with Crippen molar-refractivity contribution in [2.24, 2.45) is 0 Å².